The zero-order valence-electron chi connectivity index (χ0n) is 12.7. The highest BCUT2D eigenvalue weighted by molar-refractivity contribution is 6.30. The zero-order valence-corrected chi connectivity index (χ0v) is 13.5. The summed E-state index contributed by atoms with van der Waals surface area (Å²) in [6.07, 6.45) is 1.85. The number of halogens is 3. The fourth-order valence-corrected chi connectivity index (χ4v) is 3.28. The Balaban J connectivity index is 1.61. The van der Waals surface area contributed by atoms with Gasteiger partial charge in [-0.25, -0.2) is 8.78 Å². The Bertz CT molecular complexity index is 583. The average molecular weight is 344 g/mol. The molecule has 1 amide bonds. The van der Waals surface area contributed by atoms with Gasteiger partial charge in [0.05, 0.1) is 19.1 Å². The molecule has 1 atom stereocenters. The number of hydrogen-bond donors (Lipinski definition) is 2. The number of carbonyl (C=O) groups excluding carboxylic acids is 1. The second-order valence-electron chi connectivity index (χ2n) is 6.28. The molecular weight excluding hydrogens is 324 g/mol. The first-order chi connectivity index (χ1) is 10.9. The van der Waals surface area contributed by atoms with Gasteiger partial charge in [-0.1, -0.05) is 17.7 Å². The topological polar surface area (TPSA) is 44.4 Å². The molecule has 0 aromatic heterocycles. The molecule has 3 rings (SSSR count). The summed E-state index contributed by atoms with van der Waals surface area (Å²) in [5.74, 6) is -2.60. The first kappa shape index (κ1) is 16.6. The van der Waals surface area contributed by atoms with Crippen LogP contribution in [0.5, 0.6) is 0 Å². The van der Waals surface area contributed by atoms with Crippen molar-refractivity contribution in [3.63, 3.8) is 0 Å². The third kappa shape index (κ3) is 4.19. The zero-order chi connectivity index (χ0) is 16.4. The molecule has 23 heavy (non-hydrogen) atoms. The maximum atomic E-state index is 13.0. The molecule has 0 bridgehead atoms. The number of carbonyl (C=O) groups is 1. The van der Waals surface area contributed by atoms with Crippen LogP contribution in [0.1, 0.15) is 24.0 Å². The molecule has 0 aliphatic carbocycles. The molecule has 2 aliphatic rings. The minimum absolute atomic E-state index is 0.0242. The van der Waals surface area contributed by atoms with Gasteiger partial charge in [-0.2, -0.15) is 0 Å². The van der Waals surface area contributed by atoms with Crippen LogP contribution in [0.4, 0.5) is 8.78 Å². The van der Waals surface area contributed by atoms with E-state index in [4.69, 9.17) is 11.6 Å². The van der Waals surface area contributed by atoms with Crippen molar-refractivity contribution in [2.24, 2.45) is 0 Å². The number of hydrogen-bond acceptors (Lipinski definition) is 3. The van der Waals surface area contributed by atoms with Crippen LogP contribution in [0.15, 0.2) is 18.2 Å². The minimum Gasteiger partial charge on any atom is -0.351 e. The summed E-state index contributed by atoms with van der Waals surface area (Å²) in [6, 6.07) is 5.25. The maximum absolute atomic E-state index is 13.0. The van der Waals surface area contributed by atoms with Gasteiger partial charge >= 0.3 is 0 Å². The lowest BCUT2D eigenvalue weighted by atomic mass is 10.0. The van der Waals surface area contributed by atoms with Crippen molar-refractivity contribution in [3.8, 4) is 0 Å². The van der Waals surface area contributed by atoms with Gasteiger partial charge in [-0.3, -0.25) is 9.69 Å². The predicted molar refractivity (Wildman–Crippen MR) is 84.5 cm³/mol. The molecule has 0 radical (unpaired) electrons. The lowest BCUT2D eigenvalue weighted by Gasteiger charge is -2.39. The van der Waals surface area contributed by atoms with Crippen LogP contribution < -0.4 is 10.6 Å². The third-order valence-electron chi connectivity index (χ3n) is 4.30. The summed E-state index contributed by atoms with van der Waals surface area (Å²) in [5.41, 5.74) is 1.80. The van der Waals surface area contributed by atoms with E-state index in [1.54, 1.807) is 17.0 Å². The van der Waals surface area contributed by atoms with E-state index in [0.29, 0.717) is 18.1 Å². The van der Waals surface area contributed by atoms with E-state index in [9.17, 15) is 13.6 Å². The number of alkyl halides is 2. The van der Waals surface area contributed by atoms with Gasteiger partial charge in [0, 0.05) is 18.1 Å². The molecule has 1 aromatic carbocycles. The van der Waals surface area contributed by atoms with Crippen LogP contribution in [-0.4, -0.2) is 42.4 Å². The fraction of sp³-hybridized carbons (Fsp3) is 0.562. The molecule has 2 aliphatic heterocycles. The van der Waals surface area contributed by atoms with E-state index in [1.165, 1.54) is 0 Å². The summed E-state index contributed by atoms with van der Waals surface area (Å²) >= 11 is 6.03. The Kier molecular flexibility index (Phi) is 4.85. The van der Waals surface area contributed by atoms with Crippen molar-refractivity contribution in [2.75, 3.05) is 19.6 Å². The molecular formula is C16H20ClF2N3O. The highest BCUT2D eigenvalue weighted by atomic mass is 35.5. The van der Waals surface area contributed by atoms with E-state index in [2.05, 4.69) is 10.6 Å². The summed E-state index contributed by atoms with van der Waals surface area (Å²) in [7, 11) is 0. The number of amides is 1. The van der Waals surface area contributed by atoms with Gasteiger partial charge in [0.15, 0.2) is 0 Å². The normalized spacial score (nSPS) is 23.5. The van der Waals surface area contributed by atoms with E-state index >= 15 is 0 Å². The van der Waals surface area contributed by atoms with Gasteiger partial charge in [0.25, 0.3) is 5.92 Å². The monoisotopic (exact) mass is 343 g/mol. The second-order valence-corrected chi connectivity index (χ2v) is 6.72. The van der Waals surface area contributed by atoms with Gasteiger partial charge in [-0.15, -0.1) is 0 Å². The highest BCUT2D eigenvalue weighted by Crippen LogP contribution is 2.29. The molecule has 7 heteroatoms. The number of benzene rings is 1. The minimum atomic E-state index is -2.57. The Morgan fingerprint density at radius 1 is 1.39 bits per heavy atom. The summed E-state index contributed by atoms with van der Waals surface area (Å²) in [6.45, 7) is 1.24. The van der Waals surface area contributed by atoms with E-state index in [0.717, 1.165) is 30.5 Å². The Morgan fingerprint density at radius 2 is 2.17 bits per heavy atom. The van der Waals surface area contributed by atoms with E-state index < -0.39 is 5.92 Å². The SMILES string of the molecule is O=C(NCc1cc(Cl)ccc1CN1CC(F)(F)C1)[C@@H]1CCCN1. The molecule has 1 aromatic rings. The van der Waals surface area contributed by atoms with Crippen LogP contribution in [0.25, 0.3) is 0 Å². The third-order valence-corrected chi connectivity index (χ3v) is 4.54. The van der Waals surface area contributed by atoms with Gasteiger partial charge in [-0.05, 0) is 42.6 Å². The molecule has 2 heterocycles. The number of nitrogens with one attached hydrogen (secondary N) is 2. The highest BCUT2D eigenvalue weighted by Gasteiger charge is 2.43. The largest absolute Gasteiger partial charge is 0.351 e. The van der Waals surface area contributed by atoms with Gasteiger partial charge < -0.3 is 10.6 Å². The van der Waals surface area contributed by atoms with Crippen LogP contribution >= 0.6 is 11.6 Å². The maximum Gasteiger partial charge on any atom is 0.272 e. The molecule has 0 saturated carbocycles. The number of rotatable bonds is 5. The van der Waals surface area contributed by atoms with Crippen LogP contribution in [0, 0.1) is 0 Å². The van der Waals surface area contributed by atoms with E-state index in [1.807, 2.05) is 6.07 Å². The lowest BCUT2D eigenvalue weighted by Crippen LogP contribution is -2.55. The van der Waals surface area contributed by atoms with Crippen molar-refractivity contribution in [1.82, 2.24) is 15.5 Å². The Hall–Kier alpha value is -1.24. The standard InChI is InChI=1S/C16H20ClF2N3O/c17-13-4-3-11(8-22-9-16(18,19)10-22)12(6-13)7-21-15(23)14-2-1-5-20-14/h3-4,6,14,20H,1-2,5,7-10H2,(H,21,23)/t14-/m0/s1. The van der Waals surface area contributed by atoms with Crippen LogP contribution in [0.3, 0.4) is 0 Å². The fourth-order valence-electron chi connectivity index (χ4n) is 3.09. The van der Waals surface area contributed by atoms with Gasteiger partial charge in [0.2, 0.25) is 5.91 Å². The Morgan fingerprint density at radius 3 is 2.83 bits per heavy atom. The average Bonchev–Trinajstić information content (AvgIpc) is 2.99. The second kappa shape index (κ2) is 6.71. The van der Waals surface area contributed by atoms with Gasteiger partial charge in [0.1, 0.15) is 0 Å². The Labute approximate surface area is 139 Å². The first-order valence-corrected chi connectivity index (χ1v) is 8.19. The molecule has 2 N–H and O–H groups in total. The van der Waals surface area contributed by atoms with Crippen molar-refractivity contribution >= 4 is 17.5 Å². The molecule has 2 saturated heterocycles. The summed E-state index contributed by atoms with van der Waals surface area (Å²) in [4.78, 5) is 13.8. The van der Waals surface area contributed by atoms with Crippen molar-refractivity contribution in [3.05, 3.63) is 34.3 Å². The quantitative estimate of drug-likeness (QED) is 0.861. The molecule has 0 unspecified atom stereocenters. The van der Waals surface area contributed by atoms with E-state index in [-0.39, 0.29) is 25.0 Å². The smallest absolute Gasteiger partial charge is 0.272 e. The van der Waals surface area contributed by atoms with Crippen molar-refractivity contribution in [1.29, 1.82) is 0 Å². The molecule has 4 nitrogen and oxygen atoms in total. The van der Waals surface area contributed by atoms with Crippen LogP contribution in [-0.2, 0) is 17.9 Å². The molecule has 0 spiro atoms. The number of nitrogens with zero attached hydrogens (tertiary/aromatic N) is 1. The summed E-state index contributed by atoms with van der Waals surface area (Å²) < 4.78 is 25.9. The summed E-state index contributed by atoms with van der Waals surface area (Å²) in [5, 5.41) is 6.63. The van der Waals surface area contributed by atoms with Crippen molar-refractivity contribution in [2.45, 2.75) is 37.9 Å². The molecule has 126 valence electrons. The lowest BCUT2D eigenvalue weighted by molar-refractivity contribution is -0.133. The first-order valence-electron chi connectivity index (χ1n) is 7.81. The van der Waals surface area contributed by atoms with Crippen molar-refractivity contribution < 1.29 is 13.6 Å². The predicted octanol–water partition coefficient (Wildman–Crippen LogP) is 2.16. The molecule has 2 fully saturated rings. The number of likely N-dealkylation sites (tertiary alicyclic amines) is 1. The van der Waals surface area contributed by atoms with Crippen LogP contribution in [0.2, 0.25) is 5.02 Å².